The van der Waals surface area contributed by atoms with Gasteiger partial charge >= 0.3 is 0 Å². The first-order valence-corrected chi connectivity index (χ1v) is 10.0. The van der Waals surface area contributed by atoms with Gasteiger partial charge < -0.3 is 4.90 Å². The number of halogens is 1. The molecule has 1 aromatic carbocycles. The minimum Gasteiger partial charge on any atom is -0.366 e. The van der Waals surface area contributed by atoms with Crippen LogP contribution in [0.25, 0.3) is 5.57 Å². The number of amides is 2. The predicted octanol–water partition coefficient (Wildman–Crippen LogP) is 4.48. The molecule has 1 saturated heterocycles. The lowest BCUT2D eigenvalue weighted by atomic mass is 10.1. The average molecular weight is 387 g/mol. The Hall–Kier alpha value is -2.11. The van der Waals surface area contributed by atoms with E-state index in [1.54, 1.807) is 12.1 Å². The van der Waals surface area contributed by atoms with Crippen molar-refractivity contribution >= 4 is 46.0 Å². The fourth-order valence-electron chi connectivity index (χ4n) is 3.53. The van der Waals surface area contributed by atoms with Crippen LogP contribution in [-0.2, 0) is 9.59 Å². The highest BCUT2D eigenvalue weighted by Crippen LogP contribution is 2.38. The largest absolute Gasteiger partial charge is 0.366 e. The van der Waals surface area contributed by atoms with Crippen LogP contribution in [-0.4, -0.2) is 29.8 Å². The van der Waals surface area contributed by atoms with Gasteiger partial charge in [-0.2, -0.15) is 0 Å². The Morgan fingerprint density at radius 1 is 1.04 bits per heavy atom. The van der Waals surface area contributed by atoms with Crippen LogP contribution < -0.4 is 4.90 Å². The molecule has 6 heteroatoms. The van der Waals surface area contributed by atoms with Crippen molar-refractivity contribution in [1.82, 2.24) is 4.90 Å². The Balaban J connectivity index is 1.81. The van der Waals surface area contributed by atoms with E-state index in [9.17, 15) is 9.59 Å². The molecule has 0 saturated carbocycles. The van der Waals surface area contributed by atoms with Crippen LogP contribution in [0.5, 0.6) is 0 Å². The number of piperidine rings is 1. The molecule has 2 aliphatic rings. The van der Waals surface area contributed by atoms with Gasteiger partial charge in [0.05, 0.1) is 11.3 Å². The average Bonchev–Trinajstić information content (AvgIpc) is 3.25. The lowest BCUT2D eigenvalue weighted by Gasteiger charge is -2.29. The number of carbonyl (C=O) groups excluding carboxylic acids is 2. The molecule has 2 aromatic rings. The molecule has 2 aliphatic heterocycles. The third-order valence-electron chi connectivity index (χ3n) is 4.91. The first-order chi connectivity index (χ1) is 12.6. The van der Waals surface area contributed by atoms with Gasteiger partial charge in [0.2, 0.25) is 0 Å². The fraction of sp³-hybridized carbons (Fsp3) is 0.300. The van der Waals surface area contributed by atoms with E-state index in [0.717, 1.165) is 42.8 Å². The van der Waals surface area contributed by atoms with E-state index in [-0.39, 0.29) is 11.8 Å². The second kappa shape index (κ2) is 6.89. The van der Waals surface area contributed by atoms with Crippen LogP contribution in [0.1, 0.15) is 29.7 Å². The maximum absolute atomic E-state index is 13.3. The lowest BCUT2D eigenvalue weighted by molar-refractivity contribution is -0.120. The number of aryl methyl sites for hydroxylation is 1. The van der Waals surface area contributed by atoms with Gasteiger partial charge in [0.1, 0.15) is 5.70 Å². The van der Waals surface area contributed by atoms with Gasteiger partial charge in [0.25, 0.3) is 11.8 Å². The fourth-order valence-corrected chi connectivity index (χ4v) is 4.46. The number of benzene rings is 1. The molecule has 0 unspecified atom stereocenters. The number of hydrogen-bond acceptors (Lipinski definition) is 4. The van der Waals surface area contributed by atoms with Crippen molar-refractivity contribution in [1.29, 1.82) is 0 Å². The van der Waals surface area contributed by atoms with Gasteiger partial charge in [-0.3, -0.25) is 9.59 Å². The second-order valence-electron chi connectivity index (χ2n) is 6.63. The maximum atomic E-state index is 13.3. The van der Waals surface area contributed by atoms with Crippen molar-refractivity contribution in [3.05, 3.63) is 56.9 Å². The molecular formula is C20H19ClN2O2S. The standard InChI is InChI=1S/C20H19ClN2O2S/c1-13-7-8-14(12-15(13)21)23-19(24)17(16-6-5-11-26-16)18(20(23)25)22-9-3-2-4-10-22/h5-8,11-12H,2-4,9-10H2,1H3. The summed E-state index contributed by atoms with van der Waals surface area (Å²) >= 11 is 7.72. The van der Waals surface area contributed by atoms with Crippen LogP contribution in [0.3, 0.4) is 0 Å². The number of carbonyl (C=O) groups is 2. The van der Waals surface area contributed by atoms with Crippen LogP contribution in [0.15, 0.2) is 41.4 Å². The first-order valence-electron chi connectivity index (χ1n) is 8.76. The minimum absolute atomic E-state index is 0.250. The van der Waals surface area contributed by atoms with Crippen molar-refractivity contribution in [2.45, 2.75) is 26.2 Å². The Bertz CT molecular complexity index is 899. The number of hydrogen-bond donors (Lipinski definition) is 0. The molecule has 4 rings (SSSR count). The summed E-state index contributed by atoms with van der Waals surface area (Å²) in [6.45, 7) is 3.52. The molecule has 1 fully saturated rings. The Labute approximate surface area is 161 Å². The zero-order valence-electron chi connectivity index (χ0n) is 14.5. The van der Waals surface area contributed by atoms with Gasteiger partial charge in [0, 0.05) is 23.0 Å². The van der Waals surface area contributed by atoms with Crippen molar-refractivity contribution in [2.24, 2.45) is 0 Å². The summed E-state index contributed by atoms with van der Waals surface area (Å²) in [5, 5.41) is 2.48. The maximum Gasteiger partial charge on any atom is 0.282 e. The smallest absolute Gasteiger partial charge is 0.282 e. The molecule has 0 aliphatic carbocycles. The third-order valence-corrected chi connectivity index (χ3v) is 6.21. The van der Waals surface area contributed by atoms with Crippen molar-refractivity contribution in [3.8, 4) is 0 Å². The van der Waals surface area contributed by atoms with E-state index in [0.29, 0.717) is 22.0 Å². The van der Waals surface area contributed by atoms with Crippen molar-refractivity contribution < 1.29 is 9.59 Å². The minimum atomic E-state index is -0.266. The number of nitrogens with zero attached hydrogens (tertiary/aromatic N) is 2. The molecule has 2 amide bonds. The highest BCUT2D eigenvalue weighted by molar-refractivity contribution is 7.11. The lowest BCUT2D eigenvalue weighted by Crippen LogP contribution is -2.37. The summed E-state index contributed by atoms with van der Waals surface area (Å²) in [5.74, 6) is -0.516. The van der Waals surface area contributed by atoms with Gasteiger partial charge in [-0.25, -0.2) is 4.90 Å². The number of rotatable bonds is 3. The summed E-state index contributed by atoms with van der Waals surface area (Å²) in [5.41, 5.74) is 2.49. The predicted molar refractivity (Wildman–Crippen MR) is 105 cm³/mol. The van der Waals surface area contributed by atoms with Gasteiger partial charge in [-0.1, -0.05) is 23.7 Å². The van der Waals surface area contributed by atoms with E-state index in [1.807, 2.05) is 30.5 Å². The summed E-state index contributed by atoms with van der Waals surface area (Å²) in [7, 11) is 0. The van der Waals surface area contributed by atoms with Crippen LogP contribution in [0.4, 0.5) is 5.69 Å². The van der Waals surface area contributed by atoms with E-state index >= 15 is 0 Å². The first kappa shape index (κ1) is 17.3. The quantitative estimate of drug-likeness (QED) is 0.730. The van der Waals surface area contributed by atoms with Crippen LogP contribution in [0, 0.1) is 6.92 Å². The number of anilines is 1. The van der Waals surface area contributed by atoms with Crippen molar-refractivity contribution in [3.63, 3.8) is 0 Å². The number of likely N-dealkylation sites (tertiary alicyclic amines) is 1. The summed E-state index contributed by atoms with van der Waals surface area (Å²) in [4.78, 5) is 30.7. The highest BCUT2D eigenvalue weighted by Gasteiger charge is 2.43. The third kappa shape index (κ3) is 2.85. The molecule has 134 valence electrons. The molecule has 0 spiro atoms. The van der Waals surface area contributed by atoms with Crippen molar-refractivity contribution in [2.75, 3.05) is 18.0 Å². The summed E-state index contributed by atoms with van der Waals surface area (Å²) < 4.78 is 0. The van der Waals surface area contributed by atoms with E-state index in [4.69, 9.17) is 11.6 Å². The summed E-state index contributed by atoms with van der Waals surface area (Å²) in [6, 6.07) is 9.12. The Morgan fingerprint density at radius 2 is 1.81 bits per heavy atom. The van der Waals surface area contributed by atoms with E-state index in [1.165, 1.54) is 16.2 Å². The molecular weight excluding hydrogens is 368 g/mol. The van der Waals surface area contributed by atoms with Gasteiger partial charge in [-0.15, -0.1) is 11.3 Å². The molecule has 26 heavy (non-hydrogen) atoms. The second-order valence-corrected chi connectivity index (χ2v) is 7.98. The molecule has 0 N–H and O–H groups in total. The zero-order chi connectivity index (χ0) is 18.3. The molecule has 0 bridgehead atoms. The molecule has 3 heterocycles. The van der Waals surface area contributed by atoms with Gasteiger partial charge in [-0.05, 0) is 55.3 Å². The Kier molecular flexibility index (Phi) is 4.59. The molecule has 1 aromatic heterocycles. The number of imide groups is 1. The van der Waals surface area contributed by atoms with E-state index < -0.39 is 0 Å². The topological polar surface area (TPSA) is 40.6 Å². The molecule has 4 nitrogen and oxygen atoms in total. The zero-order valence-corrected chi connectivity index (χ0v) is 16.1. The van der Waals surface area contributed by atoms with Crippen LogP contribution >= 0.6 is 22.9 Å². The highest BCUT2D eigenvalue weighted by atomic mass is 35.5. The van der Waals surface area contributed by atoms with Gasteiger partial charge in [0.15, 0.2) is 0 Å². The molecule has 0 atom stereocenters. The van der Waals surface area contributed by atoms with E-state index in [2.05, 4.69) is 4.90 Å². The summed E-state index contributed by atoms with van der Waals surface area (Å²) in [6.07, 6.45) is 3.25. The number of thiophene rings is 1. The monoisotopic (exact) mass is 386 g/mol. The Morgan fingerprint density at radius 3 is 2.46 bits per heavy atom. The normalized spacial score (nSPS) is 18.2. The SMILES string of the molecule is Cc1ccc(N2C(=O)C(c3cccs3)=C(N3CCCCC3)C2=O)cc1Cl. The van der Waals surface area contributed by atoms with Crippen LogP contribution in [0.2, 0.25) is 5.02 Å². The molecule has 0 radical (unpaired) electrons.